The molecule has 0 amide bonds. The van der Waals surface area contributed by atoms with Gasteiger partial charge in [-0.3, -0.25) is 4.79 Å². The van der Waals surface area contributed by atoms with Crippen LogP contribution in [-0.2, 0) is 4.79 Å². The van der Waals surface area contributed by atoms with Crippen LogP contribution in [0.2, 0.25) is 0 Å². The Bertz CT molecular complexity index is 225. The number of rotatable bonds is 5. The fraction of sp³-hybridized carbons (Fsp3) is 0.625. The molecule has 0 aromatic heterocycles. The van der Waals surface area contributed by atoms with Crippen molar-refractivity contribution in [2.75, 3.05) is 6.54 Å². The number of unbranched alkanes of at least 4 members (excludes halogenated alkanes) is 1. The summed E-state index contributed by atoms with van der Waals surface area (Å²) in [4.78, 5) is 27.2. The third-order valence-corrected chi connectivity index (χ3v) is 1.29. The van der Waals surface area contributed by atoms with Crippen LogP contribution in [-0.4, -0.2) is 56.4 Å². The number of hydrogen-bond donors (Lipinski definition) is 7. The molecule has 0 saturated carbocycles. The highest BCUT2D eigenvalue weighted by Gasteiger charge is 2.09. The lowest BCUT2D eigenvalue weighted by Gasteiger charge is -2.03. The second kappa shape index (κ2) is 14.9. The largest absolute Gasteiger partial charge is 0.503 e. The van der Waals surface area contributed by atoms with Crippen LogP contribution in [0.15, 0.2) is 0 Å². The third-order valence-electron chi connectivity index (χ3n) is 1.29. The fourth-order valence-corrected chi connectivity index (χ4v) is 0.632. The molecule has 0 radical (unpaired) electrons. The van der Waals surface area contributed by atoms with E-state index in [0.29, 0.717) is 13.0 Å². The Morgan fingerprint density at radius 1 is 0.889 bits per heavy atom. The van der Waals surface area contributed by atoms with Crippen molar-refractivity contribution >= 4 is 18.3 Å². The van der Waals surface area contributed by atoms with E-state index in [1.165, 1.54) is 0 Å². The van der Waals surface area contributed by atoms with Crippen LogP contribution >= 0.6 is 0 Å². The number of hydrogen-bond acceptors (Lipinski definition) is 5. The molecule has 9 N–H and O–H groups in total. The van der Waals surface area contributed by atoms with Gasteiger partial charge >= 0.3 is 18.3 Å². The maximum absolute atomic E-state index is 10.1. The smallest absolute Gasteiger partial charge is 0.480 e. The molecule has 0 rings (SSSR count). The Morgan fingerprint density at radius 3 is 1.44 bits per heavy atom. The molecule has 10 nitrogen and oxygen atoms in total. The Hall–Kier alpha value is -2.07. The zero-order chi connectivity index (χ0) is 15.1. The Kier molecular flexibility index (Phi) is 17.6. The lowest BCUT2D eigenvalue weighted by atomic mass is 10.1. The lowest BCUT2D eigenvalue weighted by Crippen LogP contribution is -2.29. The van der Waals surface area contributed by atoms with Crippen molar-refractivity contribution in [2.24, 2.45) is 11.5 Å². The molecule has 0 heterocycles. The van der Waals surface area contributed by atoms with E-state index in [1.54, 1.807) is 0 Å². The molecular formula is C8H18N2O8. The number of carboxylic acid groups (broad SMARTS) is 5. The standard InChI is InChI=1S/C6H14N2O2.2CH2O3/c7-4-2-1-3-5(8)6(9)10;2*2-1(3)4/h5H,1-4,7-8H2,(H,9,10);2*(H2,2,3,4)/t5-;;/m0../s1. The van der Waals surface area contributed by atoms with Crippen molar-refractivity contribution in [3.63, 3.8) is 0 Å². The predicted molar refractivity (Wildman–Crippen MR) is 59.8 cm³/mol. The molecule has 0 unspecified atom stereocenters. The summed E-state index contributed by atoms with van der Waals surface area (Å²) in [6.45, 7) is 0.604. The molecule has 0 spiro atoms. The molecule has 0 aromatic carbocycles. The van der Waals surface area contributed by atoms with Crippen molar-refractivity contribution in [3.8, 4) is 0 Å². The molecule has 0 fully saturated rings. The molecule has 0 saturated heterocycles. The van der Waals surface area contributed by atoms with Gasteiger partial charge in [-0.2, -0.15) is 0 Å². The summed E-state index contributed by atoms with van der Waals surface area (Å²) in [5.41, 5.74) is 10.4. The minimum absolute atomic E-state index is 0.520. The highest BCUT2D eigenvalue weighted by molar-refractivity contribution is 5.72. The fourth-order valence-electron chi connectivity index (χ4n) is 0.632. The zero-order valence-electron chi connectivity index (χ0n) is 9.52. The van der Waals surface area contributed by atoms with Crippen LogP contribution in [0.3, 0.4) is 0 Å². The van der Waals surface area contributed by atoms with E-state index in [-0.39, 0.29) is 0 Å². The molecule has 18 heavy (non-hydrogen) atoms. The van der Waals surface area contributed by atoms with Crippen LogP contribution in [0.5, 0.6) is 0 Å². The van der Waals surface area contributed by atoms with Crippen molar-refractivity contribution < 1.29 is 39.9 Å². The maximum Gasteiger partial charge on any atom is 0.503 e. The van der Waals surface area contributed by atoms with E-state index >= 15 is 0 Å². The summed E-state index contributed by atoms with van der Waals surface area (Å²) in [6.07, 6.45) is -1.50. The van der Waals surface area contributed by atoms with Gasteiger partial charge in [0, 0.05) is 0 Å². The van der Waals surface area contributed by atoms with Gasteiger partial charge in [-0.1, -0.05) is 6.42 Å². The molecule has 0 aromatic rings. The highest BCUT2D eigenvalue weighted by atomic mass is 16.6. The van der Waals surface area contributed by atoms with Crippen molar-refractivity contribution in [2.45, 2.75) is 25.3 Å². The number of aliphatic carboxylic acids is 1. The van der Waals surface area contributed by atoms with Crippen LogP contribution in [0.1, 0.15) is 19.3 Å². The second-order valence-electron chi connectivity index (χ2n) is 2.79. The monoisotopic (exact) mass is 270 g/mol. The normalized spacial score (nSPS) is 9.89. The molecule has 1 atom stereocenters. The number of carboxylic acids is 1. The number of nitrogens with two attached hydrogens (primary N) is 2. The molecule has 108 valence electrons. The zero-order valence-corrected chi connectivity index (χ0v) is 9.52. The summed E-state index contributed by atoms with van der Waals surface area (Å²) in [5.74, 6) is -0.933. The highest BCUT2D eigenvalue weighted by Crippen LogP contribution is 1.96. The SMILES string of the molecule is NCCCC[C@H](N)C(=O)O.O=C(O)O.O=C(O)O. The van der Waals surface area contributed by atoms with Gasteiger partial charge < -0.3 is 37.0 Å². The maximum atomic E-state index is 10.1. The Morgan fingerprint density at radius 2 is 1.22 bits per heavy atom. The third kappa shape index (κ3) is 48.5. The van der Waals surface area contributed by atoms with E-state index in [0.717, 1.165) is 12.8 Å². The van der Waals surface area contributed by atoms with Gasteiger partial charge in [-0.15, -0.1) is 0 Å². The first-order chi connectivity index (χ1) is 8.14. The molecule has 0 aliphatic heterocycles. The van der Waals surface area contributed by atoms with E-state index in [2.05, 4.69) is 0 Å². The Balaban J connectivity index is -0.000000233. The summed E-state index contributed by atoms with van der Waals surface area (Å²) in [7, 11) is 0. The molecule has 0 aliphatic rings. The molecule has 0 bridgehead atoms. The quantitative estimate of drug-likeness (QED) is 0.332. The number of carbonyl (C=O) groups is 3. The second-order valence-corrected chi connectivity index (χ2v) is 2.79. The average Bonchev–Trinajstić information content (AvgIpc) is 2.15. The summed E-state index contributed by atoms with van der Waals surface area (Å²) >= 11 is 0. The average molecular weight is 270 g/mol. The first-order valence-electron chi connectivity index (χ1n) is 4.67. The van der Waals surface area contributed by atoms with Gasteiger partial charge in [0.05, 0.1) is 0 Å². The van der Waals surface area contributed by atoms with Gasteiger partial charge in [0.15, 0.2) is 0 Å². The van der Waals surface area contributed by atoms with Gasteiger partial charge in [0.2, 0.25) is 0 Å². The van der Waals surface area contributed by atoms with E-state index in [4.69, 9.17) is 46.6 Å². The van der Waals surface area contributed by atoms with Gasteiger partial charge in [0.1, 0.15) is 6.04 Å². The van der Waals surface area contributed by atoms with E-state index in [9.17, 15) is 4.79 Å². The lowest BCUT2D eigenvalue weighted by molar-refractivity contribution is -0.138. The molecular weight excluding hydrogens is 252 g/mol. The first-order valence-corrected chi connectivity index (χ1v) is 4.67. The van der Waals surface area contributed by atoms with Crippen molar-refractivity contribution in [3.05, 3.63) is 0 Å². The van der Waals surface area contributed by atoms with Gasteiger partial charge in [-0.25, -0.2) is 9.59 Å². The van der Waals surface area contributed by atoms with E-state index in [1.807, 2.05) is 0 Å². The first kappa shape index (κ1) is 21.2. The van der Waals surface area contributed by atoms with Gasteiger partial charge in [-0.05, 0) is 19.4 Å². The summed E-state index contributed by atoms with van der Waals surface area (Å²) in [6, 6.07) is -0.716. The Labute approximate surface area is 102 Å². The van der Waals surface area contributed by atoms with Crippen LogP contribution in [0.25, 0.3) is 0 Å². The summed E-state index contributed by atoms with van der Waals surface area (Å²) < 4.78 is 0. The van der Waals surface area contributed by atoms with Crippen molar-refractivity contribution in [1.29, 1.82) is 0 Å². The van der Waals surface area contributed by atoms with Crippen LogP contribution in [0, 0.1) is 0 Å². The summed E-state index contributed by atoms with van der Waals surface area (Å²) in [5, 5.41) is 36.2. The predicted octanol–water partition coefficient (Wildman–Crippen LogP) is -0.0279. The van der Waals surface area contributed by atoms with Crippen LogP contribution < -0.4 is 11.5 Å². The van der Waals surface area contributed by atoms with E-state index < -0.39 is 24.3 Å². The van der Waals surface area contributed by atoms with Crippen LogP contribution in [0.4, 0.5) is 9.59 Å². The minimum Gasteiger partial charge on any atom is -0.480 e. The molecule has 0 aliphatic carbocycles. The minimum atomic E-state index is -1.83. The topological polar surface area (TPSA) is 204 Å². The molecule has 10 heteroatoms. The van der Waals surface area contributed by atoms with Crippen molar-refractivity contribution in [1.82, 2.24) is 0 Å². The van der Waals surface area contributed by atoms with Gasteiger partial charge in [0.25, 0.3) is 0 Å².